The molecule has 2 rings (SSSR count). The molecule has 4 nitrogen and oxygen atoms in total. The number of rotatable bonds is 6. The van der Waals surface area contributed by atoms with Crippen LogP contribution in [0, 0.1) is 0 Å². The van der Waals surface area contributed by atoms with Gasteiger partial charge in [0.25, 0.3) is 0 Å². The summed E-state index contributed by atoms with van der Waals surface area (Å²) in [5.74, 6) is 1.66. The van der Waals surface area contributed by atoms with Crippen LogP contribution in [0.15, 0.2) is 18.2 Å². The van der Waals surface area contributed by atoms with Crippen molar-refractivity contribution in [3.63, 3.8) is 0 Å². The molecule has 0 aromatic heterocycles. The van der Waals surface area contributed by atoms with Crippen LogP contribution in [0.5, 0.6) is 11.5 Å². The summed E-state index contributed by atoms with van der Waals surface area (Å²) in [5.41, 5.74) is 1.05. The Labute approximate surface area is 146 Å². The number of β-amino-alcohol motifs (C(OH)–C–C–N with tert-alkyl or cyclic N) is 1. The molecule has 0 radical (unpaired) electrons. The van der Waals surface area contributed by atoms with Crippen LogP contribution in [-0.4, -0.2) is 49.0 Å². The van der Waals surface area contributed by atoms with E-state index in [2.05, 4.69) is 32.6 Å². The fourth-order valence-electron chi connectivity index (χ4n) is 3.29. The lowest BCUT2D eigenvalue weighted by molar-refractivity contribution is 0.0433. The summed E-state index contributed by atoms with van der Waals surface area (Å²) in [6, 6.07) is 6.42. The van der Waals surface area contributed by atoms with Gasteiger partial charge >= 0.3 is 0 Å². The van der Waals surface area contributed by atoms with Gasteiger partial charge in [0, 0.05) is 18.2 Å². The molecule has 0 spiro atoms. The molecule has 1 aliphatic heterocycles. The zero-order chi connectivity index (χ0) is 17.7. The molecular formula is C20H33NO3. The number of benzene rings is 1. The summed E-state index contributed by atoms with van der Waals surface area (Å²) in [7, 11) is 1.67. The predicted molar refractivity (Wildman–Crippen MR) is 98.1 cm³/mol. The van der Waals surface area contributed by atoms with Crippen LogP contribution in [0.3, 0.4) is 0 Å². The third kappa shape index (κ3) is 5.12. The van der Waals surface area contributed by atoms with Crippen molar-refractivity contribution in [2.75, 3.05) is 26.8 Å². The van der Waals surface area contributed by atoms with E-state index in [1.807, 2.05) is 18.2 Å². The van der Waals surface area contributed by atoms with Crippen LogP contribution >= 0.6 is 0 Å². The maximum Gasteiger partial charge on any atom is 0.123 e. The second-order valence-corrected chi connectivity index (χ2v) is 7.92. The minimum atomic E-state index is -0.472. The quantitative estimate of drug-likeness (QED) is 0.862. The van der Waals surface area contributed by atoms with Gasteiger partial charge in [-0.1, -0.05) is 27.2 Å². The van der Waals surface area contributed by atoms with E-state index in [-0.39, 0.29) is 5.41 Å². The average molecular weight is 335 g/mol. The van der Waals surface area contributed by atoms with Gasteiger partial charge in [-0.05, 0) is 49.9 Å². The molecule has 0 aliphatic carbocycles. The molecular weight excluding hydrogens is 302 g/mol. The number of methoxy groups -OCH3 is 1. The molecule has 136 valence electrons. The monoisotopic (exact) mass is 335 g/mol. The van der Waals surface area contributed by atoms with E-state index in [1.54, 1.807) is 7.11 Å². The van der Waals surface area contributed by atoms with Gasteiger partial charge in [0.2, 0.25) is 0 Å². The number of piperidine rings is 1. The summed E-state index contributed by atoms with van der Waals surface area (Å²) >= 11 is 0. The Morgan fingerprint density at radius 1 is 1.29 bits per heavy atom. The lowest BCUT2D eigenvalue weighted by Gasteiger charge is -2.34. The summed E-state index contributed by atoms with van der Waals surface area (Å²) < 4.78 is 11.3. The van der Waals surface area contributed by atoms with Gasteiger partial charge in [-0.2, -0.15) is 0 Å². The standard InChI is InChI=1S/C20H33NO3/c1-15-8-6-7-11-21(15)13-16(22)14-24-19-10-9-17(23-5)12-18(19)20(2,3)4/h9-10,12,15-16,22H,6-8,11,13-14H2,1-5H3/t15-,16+/m0/s1. The largest absolute Gasteiger partial charge is 0.497 e. The molecule has 0 saturated carbocycles. The summed E-state index contributed by atoms with van der Waals surface area (Å²) in [6.07, 6.45) is 3.27. The number of likely N-dealkylation sites (tertiary alicyclic amines) is 1. The highest BCUT2D eigenvalue weighted by Crippen LogP contribution is 2.34. The van der Waals surface area contributed by atoms with Crippen molar-refractivity contribution < 1.29 is 14.6 Å². The molecule has 1 saturated heterocycles. The third-order valence-corrected chi connectivity index (χ3v) is 4.81. The van der Waals surface area contributed by atoms with E-state index in [9.17, 15) is 5.11 Å². The van der Waals surface area contributed by atoms with Gasteiger partial charge in [-0.3, -0.25) is 4.90 Å². The normalized spacial score (nSPS) is 20.7. The maximum absolute atomic E-state index is 10.4. The number of aliphatic hydroxyl groups is 1. The molecule has 1 fully saturated rings. The molecule has 0 amide bonds. The van der Waals surface area contributed by atoms with E-state index in [0.717, 1.165) is 23.6 Å². The van der Waals surface area contributed by atoms with Crippen LogP contribution in [0.4, 0.5) is 0 Å². The highest BCUT2D eigenvalue weighted by Gasteiger charge is 2.23. The van der Waals surface area contributed by atoms with Crippen LogP contribution in [0.2, 0.25) is 0 Å². The first-order valence-corrected chi connectivity index (χ1v) is 9.04. The Kier molecular flexibility index (Phi) is 6.53. The summed E-state index contributed by atoms with van der Waals surface area (Å²) in [6.45, 7) is 10.8. The highest BCUT2D eigenvalue weighted by atomic mass is 16.5. The van der Waals surface area contributed by atoms with Crippen LogP contribution in [-0.2, 0) is 5.41 Å². The maximum atomic E-state index is 10.4. The first-order chi connectivity index (χ1) is 11.3. The van der Waals surface area contributed by atoms with Crippen molar-refractivity contribution >= 4 is 0 Å². The molecule has 1 aromatic carbocycles. The van der Waals surface area contributed by atoms with E-state index < -0.39 is 6.10 Å². The van der Waals surface area contributed by atoms with Crippen molar-refractivity contribution in [2.45, 2.75) is 64.5 Å². The number of nitrogens with zero attached hydrogens (tertiary/aromatic N) is 1. The van der Waals surface area contributed by atoms with E-state index >= 15 is 0 Å². The Bertz CT molecular complexity index is 524. The first-order valence-electron chi connectivity index (χ1n) is 9.04. The number of ether oxygens (including phenoxy) is 2. The second kappa shape index (κ2) is 8.21. The number of aliphatic hydroxyl groups excluding tert-OH is 1. The molecule has 1 aromatic rings. The van der Waals surface area contributed by atoms with E-state index in [4.69, 9.17) is 9.47 Å². The Morgan fingerprint density at radius 2 is 2.04 bits per heavy atom. The van der Waals surface area contributed by atoms with Crippen molar-refractivity contribution in [1.29, 1.82) is 0 Å². The zero-order valence-electron chi connectivity index (χ0n) is 15.8. The van der Waals surface area contributed by atoms with Crippen molar-refractivity contribution in [3.05, 3.63) is 23.8 Å². The van der Waals surface area contributed by atoms with E-state index in [1.165, 1.54) is 19.3 Å². The lowest BCUT2D eigenvalue weighted by Crippen LogP contribution is -2.43. The highest BCUT2D eigenvalue weighted by molar-refractivity contribution is 5.44. The van der Waals surface area contributed by atoms with Gasteiger partial charge in [0.05, 0.1) is 7.11 Å². The molecule has 0 unspecified atom stereocenters. The smallest absolute Gasteiger partial charge is 0.123 e. The molecule has 1 N–H and O–H groups in total. The molecule has 1 heterocycles. The third-order valence-electron chi connectivity index (χ3n) is 4.81. The Morgan fingerprint density at radius 3 is 2.67 bits per heavy atom. The van der Waals surface area contributed by atoms with Crippen LogP contribution in [0.25, 0.3) is 0 Å². The van der Waals surface area contributed by atoms with Crippen LogP contribution in [0.1, 0.15) is 52.5 Å². The average Bonchev–Trinajstić information content (AvgIpc) is 2.54. The van der Waals surface area contributed by atoms with Crippen molar-refractivity contribution in [2.24, 2.45) is 0 Å². The summed E-state index contributed by atoms with van der Waals surface area (Å²) in [4.78, 5) is 2.37. The molecule has 2 atom stereocenters. The van der Waals surface area contributed by atoms with Gasteiger partial charge in [0.1, 0.15) is 24.2 Å². The Hall–Kier alpha value is -1.26. The van der Waals surface area contributed by atoms with E-state index in [0.29, 0.717) is 19.2 Å². The van der Waals surface area contributed by atoms with Gasteiger partial charge in [-0.15, -0.1) is 0 Å². The zero-order valence-corrected chi connectivity index (χ0v) is 15.8. The molecule has 4 heteroatoms. The molecule has 1 aliphatic rings. The topological polar surface area (TPSA) is 41.9 Å². The number of hydrogen-bond donors (Lipinski definition) is 1. The SMILES string of the molecule is COc1ccc(OC[C@H](O)CN2CCCC[C@@H]2C)c(C(C)(C)C)c1. The van der Waals surface area contributed by atoms with Gasteiger partial charge in [-0.25, -0.2) is 0 Å². The van der Waals surface area contributed by atoms with Gasteiger partial charge in [0.15, 0.2) is 0 Å². The van der Waals surface area contributed by atoms with Gasteiger partial charge < -0.3 is 14.6 Å². The second-order valence-electron chi connectivity index (χ2n) is 7.92. The fraction of sp³-hybridized carbons (Fsp3) is 0.700. The molecule has 24 heavy (non-hydrogen) atoms. The van der Waals surface area contributed by atoms with Crippen molar-refractivity contribution in [3.8, 4) is 11.5 Å². The summed E-state index contributed by atoms with van der Waals surface area (Å²) in [5, 5.41) is 10.4. The van der Waals surface area contributed by atoms with Crippen molar-refractivity contribution in [1.82, 2.24) is 4.90 Å². The lowest BCUT2D eigenvalue weighted by atomic mass is 9.86. The minimum absolute atomic E-state index is 0.0454. The fourth-order valence-corrected chi connectivity index (χ4v) is 3.29. The number of hydrogen-bond acceptors (Lipinski definition) is 4. The van der Waals surface area contributed by atoms with Crippen LogP contribution < -0.4 is 9.47 Å². The Balaban J connectivity index is 1.98. The molecule has 0 bridgehead atoms. The predicted octanol–water partition coefficient (Wildman–Crippen LogP) is 3.61. The first kappa shape index (κ1) is 19.1. The minimum Gasteiger partial charge on any atom is -0.497 e.